The van der Waals surface area contributed by atoms with E-state index in [0.29, 0.717) is 17.9 Å². The Labute approximate surface area is 182 Å². The van der Waals surface area contributed by atoms with Gasteiger partial charge in [-0.25, -0.2) is 9.48 Å². The second kappa shape index (κ2) is 9.70. The lowest BCUT2D eigenvalue weighted by molar-refractivity contribution is 0.0676. The van der Waals surface area contributed by atoms with E-state index in [9.17, 15) is 9.90 Å². The van der Waals surface area contributed by atoms with Crippen molar-refractivity contribution in [2.75, 3.05) is 0 Å². The molecule has 0 aliphatic rings. The molecule has 3 rings (SSSR count). The van der Waals surface area contributed by atoms with Gasteiger partial charge in [-0.15, -0.1) is 5.10 Å². The van der Waals surface area contributed by atoms with Crippen molar-refractivity contribution in [2.24, 2.45) is 0 Å². The van der Waals surface area contributed by atoms with Crippen LogP contribution in [-0.4, -0.2) is 43.0 Å². The molecule has 1 unspecified atom stereocenters. The summed E-state index contributed by atoms with van der Waals surface area (Å²) in [5.74, 6) is 0.393. The molecule has 1 atom stereocenters. The topological polar surface area (TPSA) is 102 Å². The highest BCUT2D eigenvalue weighted by atomic mass is 16.6. The Balaban J connectivity index is 1.74. The molecule has 31 heavy (non-hydrogen) atoms. The molecule has 2 aromatic carbocycles. The van der Waals surface area contributed by atoms with Crippen LogP contribution < -0.4 is 10.1 Å². The molecule has 0 fully saturated rings. The van der Waals surface area contributed by atoms with E-state index in [-0.39, 0.29) is 6.04 Å². The van der Waals surface area contributed by atoms with Gasteiger partial charge < -0.3 is 15.2 Å². The lowest BCUT2D eigenvalue weighted by atomic mass is 10.00. The predicted molar refractivity (Wildman–Crippen MR) is 118 cm³/mol. The maximum Gasteiger partial charge on any atom is 0.412 e. The average molecular weight is 424 g/mol. The van der Waals surface area contributed by atoms with Crippen LogP contribution >= 0.6 is 0 Å². The molecule has 164 valence electrons. The maximum absolute atomic E-state index is 12.4. The lowest BCUT2D eigenvalue weighted by Crippen LogP contribution is -2.35. The van der Waals surface area contributed by atoms with E-state index in [2.05, 4.69) is 20.8 Å². The quantitative estimate of drug-likeness (QED) is 0.567. The Morgan fingerprint density at radius 3 is 2.58 bits per heavy atom. The van der Waals surface area contributed by atoms with Gasteiger partial charge in [0, 0.05) is 12.1 Å². The number of hydrogen-bond acceptors (Lipinski definition) is 6. The number of carbonyl (C=O) groups excluding carboxylic acids is 1. The van der Waals surface area contributed by atoms with E-state index in [0.717, 1.165) is 29.5 Å². The lowest BCUT2D eigenvalue weighted by Gasteiger charge is -2.19. The van der Waals surface area contributed by atoms with Crippen molar-refractivity contribution in [2.45, 2.75) is 58.6 Å². The van der Waals surface area contributed by atoms with E-state index in [1.807, 2.05) is 50.2 Å². The van der Waals surface area contributed by atoms with Crippen molar-refractivity contribution < 1.29 is 14.6 Å². The molecule has 0 spiro atoms. The molecule has 8 nitrogen and oxygen atoms in total. The fourth-order valence-electron chi connectivity index (χ4n) is 3.22. The van der Waals surface area contributed by atoms with Gasteiger partial charge in [0.25, 0.3) is 0 Å². The molecule has 0 radical (unpaired) electrons. The summed E-state index contributed by atoms with van der Waals surface area (Å²) in [6.07, 6.45) is 3.18. The zero-order valence-corrected chi connectivity index (χ0v) is 18.4. The maximum atomic E-state index is 12.4. The number of carbonyl (C=O) groups is 1. The Morgan fingerprint density at radius 1 is 1.19 bits per heavy atom. The number of rotatable bonds is 8. The fraction of sp³-hybridized carbons (Fsp3) is 0.391. The second-order valence-electron chi connectivity index (χ2n) is 8.48. The summed E-state index contributed by atoms with van der Waals surface area (Å²) in [6.45, 7) is 7.51. The Kier molecular flexibility index (Phi) is 7.02. The van der Waals surface area contributed by atoms with Gasteiger partial charge in [-0.2, -0.15) is 0 Å². The Morgan fingerprint density at radius 2 is 1.94 bits per heavy atom. The normalized spacial score (nSPS) is 12.4. The van der Waals surface area contributed by atoms with Crippen LogP contribution in [0.5, 0.6) is 5.75 Å². The van der Waals surface area contributed by atoms with Crippen molar-refractivity contribution in [1.82, 2.24) is 25.5 Å². The van der Waals surface area contributed by atoms with Gasteiger partial charge in [0.1, 0.15) is 12.1 Å². The van der Waals surface area contributed by atoms with Crippen LogP contribution in [0.25, 0.3) is 16.8 Å². The number of nitrogens with zero attached hydrogens (tertiary/aromatic N) is 4. The van der Waals surface area contributed by atoms with Crippen molar-refractivity contribution >= 4 is 6.09 Å². The van der Waals surface area contributed by atoms with Crippen LogP contribution in [0.15, 0.2) is 48.8 Å². The van der Waals surface area contributed by atoms with E-state index >= 15 is 0 Å². The number of ether oxygens (including phenoxy) is 1. The van der Waals surface area contributed by atoms with Crippen LogP contribution in [-0.2, 0) is 0 Å². The van der Waals surface area contributed by atoms with E-state index in [1.54, 1.807) is 19.9 Å². The van der Waals surface area contributed by atoms with Crippen LogP contribution in [0.1, 0.15) is 45.6 Å². The van der Waals surface area contributed by atoms with Crippen LogP contribution in [0.4, 0.5) is 4.79 Å². The van der Waals surface area contributed by atoms with Crippen molar-refractivity contribution in [3.63, 3.8) is 0 Å². The van der Waals surface area contributed by atoms with Gasteiger partial charge in [-0.1, -0.05) is 29.8 Å². The highest BCUT2D eigenvalue weighted by Gasteiger charge is 2.15. The Bertz CT molecular complexity index is 995. The molecule has 0 saturated heterocycles. The molecule has 0 aliphatic carbocycles. The smallest absolute Gasteiger partial charge is 0.410 e. The van der Waals surface area contributed by atoms with Gasteiger partial charge >= 0.3 is 6.09 Å². The first-order chi connectivity index (χ1) is 14.7. The van der Waals surface area contributed by atoms with Crippen LogP contribution in [0.2, 0.25) is 0 Å². The Hall–Kier alpha value is -3.26. The number of tetrazole rings is 1. The first-order valence-corrected chi connectivity index (χ1v) is 10.4. The molecule has 8 heteroatoms. The molecule has 1 heterocycles. The number of aryl methyl sites for hydroxylation is 1. The standard InChI is InChI=1S/C23H29N5O3/c1-16-7-9-18(10-8-16)19-12-20(28-15-24-26-27-28)14-21(13-19)31-22(29)25-17(2)6-5-11-23(3,4)30/h7-10,12-15,17,30H,5-6,11H2,1-4H3,(H,25,29). The molecular formula is C23H29N5O3. The summed E-state index contributed by atoms with van der Waals surface area (Å²) in [5, 5.41) is 24.0. The molecule has 0 saturated carbocycles. The molecule has 3 aromatic rings. The predicted octanol–water partition coefficient (Wildman–Crippen LogP) is 4.06. The van der Waals surface area contributed by atoms with Crippen molar-refractivity contribution in [3.05, 3.63) is 54.4 Å². The number of hydrogen-bond donors (Lipinski definition) is 2. The zero-order valence-electron chi connectivity index (χ0n) is 18.4. The molecule has 0 bridgehead atoms. The summed E-state index contributed by atoms with van der Waals surface area (Å²) in [4.78, 5) is 12.4. The number of aliphatic hydroxyl groups is 1. The van der Waals surface area contributed by atoms with Gasteiger partial charge in [0.05, 0.1) is 11.3 Å². The van der Waals surface area contributed by atoms with Gasteiger partial charge in [0.15, 0.2) is 0 Å². The highest BCUT2D eigenvalue weighted by molar-refractivity contribution is 5.74. The third kappa shape index (κ3) is 6.89. The SMILES string of the molecule is Cc1ccc(-c2cc(OC(=O)NC(C)CCCC(C)(C)O)cc(-n3cnnn3)c2)cc1. The first kappa shape index (κ1) is 22.4. The molecule has 2 N–H and O–H groups in total. The van der Waals surface area contributed by atoms with Gasteiger partial charge in [0.2, 0.25) is 0 Å². The van der Waals surface area contributed by atoms with Crippen molar-refractivity contribution in [1.29, 1.82) is 0 Å². The summed E-state index contributed by atoms with van der Waals surface area (Å²) in [7, 11) is 0. The van der Waals surface area contributed by atoms with E-state index in [1.165, 1.54) is 11.0 Å². The summed E-state index contributed by atoms with van der Waals surface area (Å²) in [5.41, 5.74) is 3.02. The first-order valence-electron chi connectivity index (χ1n) is 10.4. The largest absolute Gasteiger partial charge is 0.412 e. The third-order valence-corrected chi connectivity index (χ3v) is 4.89. The summed E-state index contributed by atoms with van der Waals surface area (Å²) in [6, 6.07) is 13.5. The number of aromatic nitrogens is 4. The van der Waals surface area contributed by atoms with Crippen molar-refractivity contribution in [3.8, 4) is 22.6 Å². The highest BCUT2D eigenvalue weighted by Crippen LogP contribution is 2.28. The summed E-state index contributed by atoms with van der Waals surface area (Å²) < 4.78 is 7.09. The van der Waals surface area contributed by atoms with E-state index < -0.39 is 11.7 Å². The number of nitrogens with one attached hydrogen (secondary N) is 1. The van der Waals surface area contributed by atoms with Crippen LogP contribution in [0.3, 0.4) is 0 Å². The van der Waals surface area contributed by atoms with Crippen LogP contribution in [0, 0.1) is 6.92 Å². The summed E-state index contributed by atoms with van der Waals surface area (Å²) >= 11 is 0. The fourth-order valence-corrected chi connectivity index (χ4v) is 3.22. The monoisotopic (exact) mass is 423 g/mol. The average Bonchev–Trinajstić information content (AvgIpc) is 3.22. The van der Waals surface area contributed by atoms with E-state index in [4.69, 9.17) is 4.74 Å². The van der Waals surface area contributed by atoms with Gasteiger partial charge in [-0.3, -0.25) is 0 Å². The van der Waals surface area contributed by atoms with Gasteiger partial charge in [-0.05, 0) is 80.6 Å². The number of amides is 1. The minimum absolute atomic E-state index is 0.0749. The molecule has 1 aromatic heterocycles. The third-order valence-electron chi connectivity index (χ3n) is 4.89. The minimum Gasteiger partial charge on any atom is -0.410 e. The minimum atomic E-state index is -0.705. The second-order valence-corrected chi connectivity index (χ2v) is 8.48. The number of benzene rings is 2. The molecular weight excluding hydrogens is 394 g/mol. The molecule has 0 aliphatic heterocycles. The molecule has 1 amide bonds. The zero-order chi connectivity index (χ0) is 22.4.